The zero-order chi connectivity index (χ0) is 31.8. The maximum absolute atomic E-state index is 12.6. The van der Waals surface area contributed by atoms with Gasteiger partial charge in [0.15, 0.2) is 0 Å². The van der Waals surface area contributed by atoms with Crippen LogP contribution in [0.5, 0.6) is 11.5 Å². The Kier molecular flexibility index (Phi) is 12.4. The summed E-state index contributed by atoms with van der Waals surface area (Å²) >= 11 is 0. The Morgan fingerprint density at radius 3 is 1.24 bits per heavy atom. The monoisotopic (exact) mass is 586 g/mol. The summed E-state index contributed by atoms with van der Waals surface area (Å²) in [7, 11) is 0. The van der Waals surface area contributed by atoms with Gasteiger partial charge in [0.05, 0.1) is 38.3 Å². The van der Waals surface area contributed by atoms with E-state index in [4.69, 9.17) is 18.9 Å². The lowest BCUT2D eigenvalue weighted by Crippen LogP contribution is -2.19. The molecule has 0 radical (unpaired) electrons. The average Bonchev–Trinajstić information content (AvgIpc) is 2.90. The van der Waals surface area contributed by atoms with Gasteiger partial charge in [-0.2, -0.15) is 0 Å². The Balaban J connectivity index is 1.66. The van der Waals surface area contributed by atoms with Gasteiger partial charge in [-0.25, -0.2) is 0 Å². The van der Waals surface area contributed by atoms with Crippen LogP contribution in [0.1, 0.15) is 101 Å². The number of hydrogen-bond acceptors (Lipinski definition) is 8. The minimum Gasteiger partial charge on any atom is -0.507 e. The molecule has 0 aliphatic carbocycles. The Labute approximate surface area is 251 Å². The average molecular weight is 587 g/mol. The third kappa shape index (κ3) is 9.73. The van der Waals surface area contributed by atoms with Crippen LogP contribution in [0.4, 0.5) is 0 Å². The quantitative estimate of drug-likeness (QED) is 0.207. The van der Waals surface area contributed by atoms with E-state index in [0.29, 0.717) is 13.2 Å². The maximum Gasteiger partial charge on any atom is 0.313 e. The van der Waals surface area contributed by atoms with Crippen LogP contribution < -0.4 is 0 Å². The van der Waals surface area contributed by atoms with Gasteiger partial charge >= 0.3 is 11.9 Å². The zero-order valence-corrected chi connectivity index (χ0v) is 27.1. The highest BCUT2D eigenvalue weighted by Crippen LogP contribution is 2.37. The van der Waals surface area contributed by atoms with Crippen molar-refractivity contribution in [2.45, 2.75) is 91.9 Å². The predicted molar refractivity (Wildman–Crippen MR) is 163 cm³/mol. The van der Waals surface area contributed by atoms with E-state index >= 15 is 0 Å². The van der Waals surface area contributed by atoms with Crippen molar-refractivity contribution in [2.24, 2.45) is 0 Å². The number of phenols is 2. The third-order valence-electron chi connectivity index (χ3n) is 7.28. The molecule has 0 aliphatic heterocycles. The Bertz CT molecular complexity index is 1120. The molecule has 8 heteroatoms. The van der Waals surface area contributed by atoms with Crippen LogP contribution in [0.25, 0.3) is 0 Å². The molecule has 2 aromatic carbocycles. The van der Waals surface area contributed by atoms with Gasteiger partial charge in [0.25, 0.3) is 0 Å². The fraction of sp³-hybridized carbons (Fsp3) is 0.588. The van der Waals surface area contributed by atoms with Crippen LogP contribution in [0.2, 0.25) is 0 Å². The first-order valence-electron chi connectivity index (χ1n) is 14.6. The molecule has 2 N–H and O–H groups in total. The highest BCUT2D eigenvalue weighted by Gasteiger charge is 2.25. The molecule has 0 aromatic heterocycles. The van der Waals surface area contributed by atoms with Crippen molar-refractivity contribution in [3.05, 3.63) is 57.6 Å². The molecule has 2 rings (SSSR count). The summed E-state index contributed by atoms with van der Waals surface area (Å²) in [4.78, 5) is 25.2. The van der Waals surface area contributed by atoms with Gasteiger partial charge in [-0.3, -0.25) is 9.59 Å². The van der Waals surface area contributed by atoms with Crippen molar-refractivity contribution in [3.63, 3.8) is 0 Å². The lowest BCUT2D eigenvalue weighted by Gasteiger charge is -2.24. The van der Waals surface area contributed by atoms with Crippen molar-refractivity contribution in [1.29, 1.82) is 0 Å². The van der Waals surface area contributed by atoms with E-state index in [1.54, 1.807) is 13.8 Å². The summed E-state index contributed by atoms with van der Waals surface area (Å²) in [6.45, 7) is 20.7. The minimum absolute atomic E-state index is 0.121. The number of hydrogen-bond donors (Lipinski definition) is 2. The van der Waals surface area contributed by atoms with Crippen LogP contribution in [-0.4, -0.2) is 61.8 Å². The third-order valence-corrected chi connectivity index (χ3v) is 7.28. The molecule has 0 saturated heterocycles. The van der Waals surface area contributed by atoms with Gasteiger partial charge in [-0.15, -0.1) is 0 Å². The minimum atomic E-state index is -0.474. The molecular weight excluding hydrogens is 536 g/mol. The first-order chi connectivity index (χ1) is 19.4. The number of phenolic OH excluding ortho intramolecular Hbond substituents is 2. The van der Waals surface area contributed by atoms with E-state index in [2.05, 4.69) is 0 Å². The molecular formula is C34H50O8. The highest BCUT2D eigenvalue weighted by atomic mass is 16.6. The SMILES string of the molecule is Cc1cc(C(C)C(=O)OCCOCCOCCOC(=O)C(C)c2cc(C)c(O)c(C(C)(C)C)c2)cc(C(C)(C)C)c1O. The van der Waals surface area contributed by atoms with E-state index in [0.717, 1.165) is 33.4 Å². The molecule has 2 atom stereocenters. The second-order valence-electron chi connectivity index (χ2n) is 13.0. The molecule has 8 nitrogen and oxygen atoms in total. The van der Waals surface area contributed by atoms with E-state index in [9.17, 15) is 19.8 Å². The molecule has 0 fully saturated rings. The van der Waals surface area contributed by atoms with E-state index in [-0.39, 0.29) is 60.7 Å². The van der Waals surface area contributed by atoms with E-state index < -0.39 is 11.8 Å². The van der Waals surface area contributed by atoms with Gasteiger partial charge in [0.1, 0.15) is 24.7 Å². The second-order valence-corrected chi connectivity index (χ2v) is 13.0. The Hall–Kier alpha value is -3.10. The topological polar surface area (TPSA) is 112 Å². The normalized spacial score (nSPS) is 13.5. The number of carbonyl (C=O) groups is 2. The van der Waals surface area contributed by atoms with E-state index in [1.165, 1.54) is 0 Å². The van der Waals surface area contributed by atoms with Crippen molar-refractivity contribution in [1.82, 2.24) is 0 Å². The van der Waals surface area contributed by atoms with Crippen LogP contribution >= 0.6 is 0 Å². The number of rotatable bonds is 13. The smallest absolute Gasteiger partial charge is 0.313 e. The van der Waals surface area contributed by atoms with Gasteiger partial charge in [-0.1, -0.05) is 65.8 Å². The molecule has 2 aromatic rings. The standard InChI is InChI=1S/C34H50O8/c1-21-17-25(19-27(29(21)35)33(5,6)7)23(3)31(37)41-15-13-39-11-12-40-14-16-42-32(38)24(4)26-18-22(2)30(36)28(20-26)34(8,9)10/h17-20,23-24,35-36H,11-16H2,1-10H3. The van der Waals surface area contributed by atoms with Crippen molar-refractivity contribution < 1.29 is 38.7 Å². The number of benzene rings is 2. The van der Waals surface area contributed by atoms with Gasteiger partial charge in [0.2, 0.25) is 0 Å². The summed E-state index contributed by atoms with van der Waals surface area (Å²) in [5, 5.41) is 20.9. The lowest BCUT2D eigenvalue weighted by molar-refractivity contribution is -0.148. The summed E-state index contributed by atoms with van der Waals surface area (Å²) in [6, 6.07) is 7.38. The van der Waals surface area contributed by atoms with Gasteiger partial charge < -0.3 is 29.2 Å². The van der Waals surface area contributed by atoms with E-state index in [1.807, 2.05) is 79.7 Å². The van der Waals surface area contributed by atoms with Crippen LogP contribution in [0.3, 0.4) is 0 Å². The molecule has 234 valence electrons. The number of ether oxygens (including phenoxy) is 4. The zero-order valence-electron chi connectivity index (χ0n) is 27.1. The summed E-state index contributed by atoms with van der Waals surface area (Å²) < 4.78 is 21.7. The molecule has 0 bridgehead atoms. The maximum atomic E-state index is 12.6. The Morgan fingerprint density at radius 2 is 0.929 bits per heavy atom. The largest absolute Gasteiger partial charge is 0.507 e. The molecule has 0 aliphatic rings. The summed E-state index contributed by atoms with van der Waals surface area (Å²) in [5.41, 5.74) is 4.15. The van der Waals surface area contributed by atoms with Crippen molar-refractivity contribution >= 4 is 11.9 Å². The fourth-order valence-corrected chi connectivity index (χ4v) is 4.50. The summed E-state index contributed by atoms with van der Waals surface area (Å²) in [5.74, 6) is -1.14. The van der Waals surface area contributed by atoms with Gasteiger partial charge in [0, 0.05) is 0 Å². The number of carbonyl (C=O) groups excluding carboxylic acids is 2. The highest BCUT2D eigenvalue weighted by molar-refractivity contribution is 5.78. The van der Waals surface area contributed by atoms with Gasteiger partial charge in [-0.05, 0) is 71.9 Å². The molecule has 0 spiro atoms. The molecule has 2 unspecified atom stereocenters. The first-order valence-corrected chi connectivity index (χ1v) is 14.6. The Morgan fingerprint density at radius 1 is 0.619 bits per heavy atom. The van der Waals surface area contributed by atoms with Crippen molar-refractivity contribution in [3.8, 4) is 11.5 Å². The van der Waals surface area contributed by atoms with Crippen LogP contribution in [0.15, 0.2) is 24.3 Å². The van der Waals surface area contributed by atoms with Crippen LogP contribution in [-0.2, 0) is 39.4 Å². The fourth-order valence-electron chi connectivity index (χ4n) is 4.50. The first kappa shape index (κ1) is 35.1. The number of aryl methyl sites for hydroxylation is 2. The second kappa shape index (κ2) is 14.9. The molecule has 0 saturated carbocycles. The number of esters is 2. The molecule has 42 heavy (non-hydrogen) atoms. The molecule has 0 amide bonds. The predicted octanol–water partition coefficient (Wildman–Crippen LogP) is 6.34. The summed E-state index contributed by atoms with van der Waals surface area (Å²) in [6.07, 6.45) is 0. The lowest BCUT2D eigenvalue weighted by atomic mass is 9.82. The van der Waals surface area contributed by atoms with Crippen molar-refractivity contribution in [2.75, 3.05) is 39.6 Å². The number of aromatic hydroxyl groups is 2. The van der Waals surface area contributed by atoms with Crippen LogP contribution in [0, 0.1) is 13.8 Å². The molecule has 0 heterocycles.